The van der Waals surface area contributed by atoms with Gasteiger partial charge in [-0.15, -0.1) is 0 Å². The molecule has 8 amide bonds. The quantitative estimate of drug-likeness (QED) is 0.0134. The highest BCUT2D eigenvalue weighted by Gasteiger charge is 2.35. The minimum absolute atomic E-state index is 0.00254. The third kappa shape index (κ3) is 24.5. The second kappa shape index (κ2) is 33.9. The maximum Gasteiger partial charge on any atom is 0.327 e. The smallest absolute Gasteiger partial charge is 0.327 e. The summed E-state index contributed by atoms with van der Waals surface area (Å²) in [6, 6.07) is 0.0527. The van der Waals surface area contributed by atoms with E-state index in [-0.39, 0.29) is 80.8 Å². The van der Waals surface area contributed by atoms with E-state index < -0.39 is 127 Å². The lowest BCUT2D eigenvalue weighted by atomic mass is 10.0. The van der Waals surface area contributed by atoms with E-state index in [1.165, 1.54) is 31.2 Å². The van der Waals surface area contributed by atoms with Crippen molar-refractivity contribution in [2.24, 2.45) is 38.7 Å². The number of hydrogen-bond donors (Lipinski definition) is 19. The Morgan fingerprint density at radius 2 is 0.922 bits per heavy atom. The highest BCUT2D eigenvalue weighted by molar-refractivity contribution is 7.80. The Labute approximate surface area is 453 Å². The zero-order chi connectivity index (χ0) is 57.8. The summed E-state index contributed by atoms with van der Waals surface area (Å²) in [5.74, 6) is -12.1. The molecule has 77 heavy (non-hydrogen) atoms. The molecule has 0 radical (unpaired) electrons. The van der Waals surface area contributed by atoms with Crippen molar-refractivity contribution in [1.82, 2.24) is 42.5 Å². The second-order valence-electron chi connectivity index (χ2n) is 17.2. The maximum atomic E-state index is 14.4. The number of nitrogens with one attached hydrogen (secondary N) is 8. The summed E-state index contributed by atoms with van der Waals surface area (Å²) in [7, 11) is 0. The second-order valence-corrected chi connectivity index (χ2v) is 17.9. The van der Waals surface area contributed by atoms with Gasteiger partial charge in [0.15, 0.2) is 11.9 Å². The van der Waals surface area contributed by atoms with Crippen molar-refractivity contribution in [2.75, 3.05) is 31.2 Å². The number of aliphatic imine (C=N–C) groups is 2. The van der Waals surface area contributed by atoms with Crippen LogP contribution in [0.4, 0.5) is 0 Å². The topological polar surface area (TPSA) is 503 Å². The first-order valence-corrected chi connectivity index (χ1v) is 25.0. The Morgan fingerprint density at radius 3 is 1.35 bits per heavy atom. The first-order chi connectivity index (χ1) is 36.4. The van der Waals surface area contributed by atoms with Crippen molar-refractivity contribution in [3.8, 4) is 5.75 Å². The van der Waals surface area contributed by atoms with Crippen molar-refractivity contribution in [1.29, 1.82) is 0 Å². The van der Waals surface area contributed by atoms with Gasteiger partial charge in [0.2, 0.25) is 47.3 Å². The van der Waals surface area contributed by atoms with Crippen LogP contribution in [0, 0.1) is 0 Å². The van der Waals surface area contributed by atoms with Crippen LogP contribution in [0.3, 0.4) is 0 Å². The van der Waals surface area contributed by atoms with Crippen LogP contribution >= 0.6 is 25.3 Å². The molecule has 22 N–H and O–H groups in total. The van der Waals surface area contributed by atoms with E-state index in [2.05, 4.69) is 77.8 Å². The highest BCUT2D eigenvalue weighted by Crippen LogP contribution is 2.13. The van der Waals surface area contributed by atoms with Crippen LogP contribution in [0.1, 0.15) is 50.2 Å². The molecule has 31 heteroatoms. The number of amides is 8. The fourth-order valence-electron chi connectivity index (χ4n) is 6.84. The Hall–Kier alpha value is -7.90. The Balaban J connectivity index is 2.50. The highest BCUT2D eigenvalue weighted by atomic mass is 32.1. The molecule has 2 aromatic carbocycles. The van der Waals surface area contributed by atoms with Gasteiger partial charge < -0.3 is 91.6 Å². The number of nitrogens with two attached hydrogens (primary N) is 5. The number of carbonyl (C=O) groups excluding carboxylic acids is 8. The number of benzene rings is 2. The van der Waals surface area contributed by atoms with Gasteiger partial charge in [-0.05, 0) is 55.9 Å². The lowest BCUT2D eigenvalue weighted by molar-refractivity contribution is -0.142. The van der Waals surface area contributed by atoms with E-state index in [1.54, 1.807) is 30.3 Å². The van der Waals surface area contributed by atoms with Gasteiger partial charge in [-0.25, -0.2) is 4.79 Å². The molecule has 0 heterocycles. The summed E-state index contributed by atoms with van der Waals surface area (Å²) >= 11 is 7.92. The van der Waals surface area contributed by atoms with Gasteiger partial charge in [0.25, 0.3) is 0 Å². The SMILES string of the molecule is C[C@H](NC(=O)[C@@H](N)CS)C(=O)N[C@@H](CC(=O)O)C(=O)N[C@@H](CCCN=C(N)N)C(=O)N[C@@H](CO)C(=O)N[C@@H](Cc1ccccc1)C(=O)N[C@@H](CCCN=C(N)N)C(=O)N[C@@H](Cc1ccc(O)cc1)C(=O)N[C@@H](CS)C(=O)O. The van der Waals surface area contributed by atoms with E-state index in [1.807, 2.05) is 0 Å². The predicted octanol–water partition coefficient (Wildman–Crippen LogP) is -6.08. The van der Waals surface area contributed by atoms with Gasteiger partial charge in [-0.1, -0.05) is 42.5 Å². The molecule has 29 nitrogen and oxygen atoms in total. The lowest BCUT2D eigenvalue weighted by Gasteiger charge is -2.27. The lowest BCUT2D eigenvalue weighted by Crippen LogP contribution is -2.61. The molecular formula is C46H69N15O14S2. The summed E-state index contributed by atoms with van der Waals surface area (Å²) in [6.07, 6.45) is -1.85. The Kier molecular flexibility index (Phi) is 28.7. The molecule has 424 valence electrons. The molecule has 0 aromatic heterocycles. The average Bonchev–Trinajstić information content (AvgIpc) is 3.37. The molecule has 0 aliphatic rings. The summed E-state index contributed by atoms with van der Waals surface area (Å²) in [6.45, 7) is 0.0331. The molecule has 0 fully saturated rings. The molecule has 0 spiro atoms. The first-order valence-electron chi connectivity index (χ1n) is 23.8. The fraction of sp³-hybridized carbons (Fsp3) is 0.478. The number of aliphatic hydroxyl groups is 1. The summed E-state index contributed by atoms with van der Waals surface area (Å²) in [5, 5.41) is 58.6. The largest absolute Gasteiger partial charge is 0.508 e. The number of thiol groups is 2. The standard InChI is InChI=1S/C46H69N15O14S2/c1-23(54-37(67)27(47)21-76)36(66)57-32(19-35(64)65)42(72)56-29(10-6-16-53-46(50)51)39(69)60-33(20-62)43(73)59-30(17-24-7-3-2-4-8-24)40(70)55-28(9-5-15-52-45(48)49)38(68)58-31(18-25-11-13-26(63)14-12-25)41(71)61-34(22-77)44(74)75/h2-4,7-8,11-14,23,27-34,62-63,76-77H,5-6,9-10,15-22,47H2,1H3,(H,54,67)(H,55,70)(H,56,72)(H,57,66)(H,58,68)(H,59,73)(H,60,69)(H,61,71)(H,64,65)(H,74,75)(H4,48,49,52)(H4,50,51,53)/t23-,27-,28-,29-,30-,31-,32-,33-,34-/m0/s1. The van der Waals surface area contributed by atoms with Gasteiger partial charge in [0, 0.05) is 37.4 Å². The van der Waals surface area contributed by atoms with Gasteiger partial charge in [0.05, 0.1) is 19.1 Å². The third-order valence-electron chi connectivity index (χ3n) is 11.0. The number of phenolic OH excluding ortho intramolecular Hbond substituents is 1. The third-order valence-corrected chi connectivity index (χ3v) is 11.7. The number of aliphatic hydroxyl groups excluding tert-OH is 1. The number of carboxylic acid groups (broad SMARTS) is 2. The molecule has 0 aliphatic heterocycles. The molecule has 2 aromatic rings. The first kappa shape index (κ1) is 65.2. The van der Waals surface area contributed by atoms with Crippen LogP contribution in [0.15, 0.2) is 64.6 Å². The molecule has 0 saturated carbocycles. The molecule has 0 unspecified atom stereocenters. The molecule has 0 aliphatic carbocycles. The van der Waals surface area contributed by atoms with E-state index in [0.29, 0.717) is 11.1 Å². The predicted molar refractivity (Wildman–Crippen MR) is 286 cm³/mol. The van der Waals surface area contributed by atoms with Crippen LogP contribution < -0.4 is 71.2 Å². The zero-order valence-corrected chi connectivity index (χ0v) is 43.7. The number of rotatable bonds is 34. The van der Waals surface area contributed by atoms with Crippen molar-refractivity contribution < 1.29 is 68.4 Å². The van der Waals surface area contributed by atoms with Crippen LogP contribution in [-0.2, 0) is 60.8 Å². The number of carboxylic acids is 2. The maximum absolute atomic E-state index is 14.4. The van der Waals surface area contributed by atoms with E-state index >= 15 is 0 Å². The minimum Gasteiger partial charge on any atom is -0.508 e. The van der Waals surface area contributed by atoms with Crippen LogP contribution in [0.5, 0.6) is 5.75 Å². The van der Waals surface area contributed by atoms with Gasteiger partial charge in [-0.3, -0.25) is 53.1 Å². The number of hydrogen-bond acceptors (Lipinski definition) is 17. The molecule has 0 bridgehead atoms. The fourth-order valence-corrected chi connectivity index (χ4v) is 7.26. The number of carbonyl (C=O) groups is 10. The number of nitrogens with zero attached hydrogens (tertiary/aromatic N) is 2. The summed E-state index contributed by atoms with van der Waals surface area (Å²) in [5.41, 5.74) is 28.4. The number of aromatic hydroxyl groups is 1. The van der Waals surface area contributed by atoms with E-state index in [4.69, 9.17) is 28.7 Å². The Morgan fingerprint density at radius 1 is 0.519 bits per heavy atom. The van der Waals surface area contributed by atoms with E-state index in [9.17, 15) is 68.4 Å². The molecule has 2 rings (SSSR count). The van der Waals surface area contributed by atoms with Gasteiger partial charge in [0.1, 0.15) is 54.1 Å². The normalized spacial score (nSPS) is 14.3. The minimum atomic E-state index is -1.85. The van der Waals surface area contributed by atoms with Crippen LogP contribution in [0.25, 0.3) is 0 Å². The van der Waals surface area contributed by atoms with E-state index in [0.717, 1.165) is 0 Å². The monoisotopic (exact) mass is 1120 g/mol. The molecular weight excluding hydrogens is 1050 g/mol. The van der Waals surface area contributed by atoms with Crippen molar-refractivity contribution in [3.63, 3.8) is 0 Å². The van der Waals surface area contributed by atoms with Crippen molar-refractivity contribution in [3.05, 3.63) is 65.7 Å². The average molecular weight is 1120 g/mol. The summed E-state index contributed by atoms with van der Waals surface area (Å²) < 4.78 is 0. The van der Waals surface area contributed by atoms with Crippen LogP contribution in [0.2, 0.25) is 0 Å². The van der Waals surface area contributed by atoms with Gasteiger partial charge in [-0.2, -0.15) is 25.3 Å². The van der Waals surface area contributed by atoms with Crippen molar-refractivity contribution >= 4 is 96.4 Å². The molecule has 0 saturated heterocycles. The zero-order valence-electron chi connectivity index (χ0n) is 41.9. The molecule has 9 atom stereocenters. The number of aliphatic carboxylic acids is 2. The van der Waals surface area contributed by atoms with Gasteiger partial charge >= 0.3 is 11.9 Å². The number of guanidine groups is 2. The number of phenols is 1. The van der Waals surface area contributed by atoms with Crippen molar-refractivity contribution in [2.45, 2.75) is 106 Å². The summed E-state index contributed by atoms with van der Waals surface area (Å²) in [4.78, 5) is 140. The Bertz CT molecular complexity index is 2400. The van der Waals surface area contributed by atoms with Crippen LogP contribution in [-0.4, -0.2) is 177 Å².